The maximum atomic E-state index is 12.0. The number of thiocarbonyl (C=S) groups is 1. The Hall–Kier alpha value is -1.67. The van der Waals surface area contributed by atoms with Gasteiger partial charge in [0, 0.05) is 9.26 Å². The summed E-state index contributed by atoms with van der Waals surface area (Å²) in [7, 11) is 0. The van der Waals surface area contributed by atoms with Gasteiger partial charge in [-0.05, 0) is 71.2 Å². The van der Waals surface area contributed by atoms with E-state index < -0.39 is 0 Å². The number of amides is 1. The van der Waals surface area contributed by atoms with Crippen molar-refractivity contribution in [3.05, 3.63) is 57.7 Å². The van der Waals surface area contributed by atoms with Crippen molar-refractivity contribution < 1.29 is 9.90 Å². The van der Waals surface area contributed by atoms with Crippen LogP contribution in [-0.2, 0) is 0 Å². The highest BCUT2D eigenvalue weighted by molar-refractivity contribution is 14.1. The minimum absolute atomic E-state index is 0.171. The van der Waals surface area contributed by atoms with Crippen molar-refractivity contribution in [2.75, 3.05) is 5.32 Å². The number of nitrogens with one attached hydrogen (secondary N) is 2. The molecule has 2 rings (SSSR count). The zero-order valence-corrected chi connectivity index (χ0v) is 13.2. The Labute approximate surface area is 135 Å². The van der Waals surface area contributed by atoms with E-state index >= 15 is 0 Å². The summed E-state index contributed by atoms with van der Waals surface area (Å²) in [4.78, 5) is 12.0. The summed E-state index contributed by atoms with van der Waals surface area (Å²) in [6.45, 7) is 0. The predicted molar refractivity (Wildman–Crippen MR) is 91.0 cm³/mol. The average molecular weight is 398 g/mol. The van der Waals surface area contributed by atoms with Crippen LogP contribution in [0.4, 0.5) is 5.69 Å². The highest BCUT2D eigenvalue weighted by atomic mass is 127. The van der Waals surface area contributed by atoms with Gasteiger partial charge in [-0.2, -0.15) is 0 Å². The van der Waals surface area contributed by atoms with Crippen LogP contribution in [0.1, 0.15) is 10.4 Å². The Bertz CT molecular complexity index is 644. The van der Waals surface area contributed by atoms with Crippen LogP contribution in [0.25, 0.3) is 0 Å². The molecule has 2 aromatic rings. The molecule has 20 heavy (non-hydrogen) atoms. The van der Waals surface area contributed by atoms with Crippen molar-refractivity contribution in [2.24, 2.45) is 0 Å². The van der Waals surface area contributed by atoms with E-state index in [0.29, 0.717) is 11.3 Å². The summed E-state index contributed by atoms with van der Waals surface area (Å²) in [6.07, 6.45) is 0. The van der Waals surface area contributed by atoms with Crippen LogP contribution in [0.2, 0.25) is 0 Å². The van der Waals surface area contributed by atoms with Crippen molar-refractivity contribution in [1.29, 1.82) is 0 Å². The highest BCUT2D eigenvalue weighted by Crippen LogP contribution is 2.14. The monoisotopic (exact) mass is 398 g/mol. The van der Waals surface area contributed by atoms with Crippen LogP contribution < -0.4 is 10.6 Å². The van der Waals surface area contributed by atoms with Crippen molar-refractivity contribution in [1.82, 2.24) is 5.32 Å². The van der Waals surface area contributed by atoms with Gasteiger partial charge < -0.3 is 10.4 Å². The SMILES string of the molecule is O=C(NC(=S)Nc1ccc(O)cc1)c1ccccc1I. The fraction of sp³-hybridized carbons (Fsp3) is 0. The number of phenolic OH excluding ortho intramolecular Hbond substituents is 1. The lowest BCUT2D eigenvalue weighted by Gasteiger charge is -2.10. The van der Waals surface area contributed by atoms with Crippen LogP contribution >= 0.6 is 34.8 Å². The second kappa shape index (κ2) is 6.67. The topological polar surface area (TPSA) is 61.4 Å². The summed E-state index contributed by atoms with van der Waals surface area (Å²) >= 11 is 7.18. The van der Waals surface area contributed by atoms with Gasteiger partial charge >= 0.3 is 0 Å². The van der Waals surface area contributed by atoms with Crippen LogP contribution in [0.5, 0.6) is 5.75 Å². The molecule has 102 valence electrons. The minimum Gasteiger partial charge on any atom is -0.508 e. The first-order valence-corrected chi connectivity index (χ1v) is 7.21. The van der Waals surface area contributed by atoms with Gasteiger partial charge in [0.15, 0.2) is 5.11 Å². The third kappa shape index (κ3) is 3.91. The van der Waals surface area contributed by atoms with Crippen molar-refractivity contribution >= 4 is 51.5 Å². The molecule has 0 radical (unpaired) electrons. The first kappa shape index (κ1) is 14.7. The van der Waals surface area contributed by atoms with E-state index in [2.05, 4.69) is 33.2 Å². The van der Waals surface area contributed by atoms with Gasteiger partial charge in [0.25, 0.3) is 5.91 Å². The smallest absolute Gasteiger partial charge is 0.258 e. The van der Waals surface area contributed by atoms with Gasteiger partial charge in [-0.25, -0.2) is 0 Å². The van der Waals surface area contributed by atoms with Crippen molar-refractivity contribution in [2.45, 2.75) is 0 Å². The Morgan fingerprint density at radius 1 is 1.10 bits per heavy atom. The van der Waals surface area contributed by atoms with Crippen LogP contribution in [0, 0.1) is 3.57 Å². The number of hydrogen-bond donors (Lipinski definition) is 3. The zero-order valence-electron chi connectivity index (χ0n) is 10.3. The quantitative estimate of drug-likeness (QED) is 0.413. The first-order chi connectivity index (χ1) is 9.56. The molecule has 0 spiro atoms. The Kier molecular flexibility index (Phi) is 4.91. The highest BCUT2D eigenvalue weighted by Gasteiger charge is 2.10. The molecule has 0 aliphatic heterocycles. The second-order valence-corrected chi connectivity index (χ2v) is 5.51. The molecule has 3 N–H and O–H groups in total. The molecule has 0 aromatic heterocycles. The van der Waals surface area contributed by atoms with E-state index in [1.165, 1.54) is 12.1 Å². The summed E-state index contributed by atoms with van der Waals surface area (Å²) < 4.78 is 0.857. The van der Waals surface area contributed by atoms with Gasteiger partial charge in [-0.1, -0.05) is 12.1 Å². The third-order valence-electron chi connectivity index (χ3n) is 2.47. The van der Waals surface area contributed by atoms with E-state index in [0.717, 1.165) is 3.57 Å². The molecule has 0 bridgehead atoms. The van der Waals surface area contributed by atoms with Gasteiger partial charge in [-0.3, -0.25) is 10.1 Å². The number of carbonyl (C=O) groups is 1. The van der Waals surface area contributed by atoms with Gasteiger partial charge in [0.2, 0.25) is 0 Å². The predicted octanol–water partition coefficient (Wildman–Crippen LogP) is 3.12. The fourth-order valence-electron chi connectivity index (χ4n) is 1.52. The molecule has 4 nitrogen and oxygen atoms in total. The van der Waals surface area contributed by atoms with Crippen LogP contribution in [0.3, 0.4) is 0 Å². The molecule has 6 heteroatoms. The molecule has 0 unspecified atom stereocenters. The molecule has 1 amide bonds. The largest absolute Gasteiger partial charge is 0.508 e. The molecule has 0 saturated carbocycles. The molecule has 0 fully saturated rings. The lowest BCUT2D eigenvalue weighted by Crippen LogP contribution is -2.34. The molecule has 0 heterocycles. The summed E-state index contributed by atoms with van der Waals surface area (Å²) in [5.41, 5.74) is 1.26. The Morgan fingerprint density at radius 2 is 1.75 bits per heavy atom. The summed E-state index contributed by atoms with van der Waals surface area (Å²) in [6, 6.07) is 13.7. The van der Waals surface area contributed by atoms with Crippen LogP contribution in [0.15, 0.2) is 48.5 Å². The average Bonchev–Trinajstić information content (AvgIpc) is 2.41. The van der Waals surface area contributed by atoms with Gasteiger partial charge in [-0.15, -0.1) is 0 Å². The summed E-state index contributed by atoms with van der Waals surface area (Å²) in [5.74, 6) is -0.0874. The number of phenols is 1. The number of halogens is 1. The zero-order chi connectivity index (χ0) is 14.5. The molecule has 0 atom stereocenters. The minimum atomic E-state index is -0.258. The molecule has 0 saturated heterocycles. The number of anilines is 1. The molecule has 0 aliphatic rings. The van der Waals surface area contributed by atoms with Gasteiger partial charge in [0.05, 0.1) is 5.56 Å². The van der Waals surface area contributed by atoms with Crippen molar-refractivity contribution in [3.63, 3.8) is 0 Å². The molecular formula is C14H11IN2O2S. The Balaban J connectivity index is 2.00. The lowest BCUT2D eigenvalue weighted by atomic mass is 10.2. The van der Waals surface area contributed by atoms with E-state index in [9.17, 15) is 9.90 Å². The number of rotatable bonds is 2. The number of hydrogen-bond acceptors (Lipinski definition) is 3. The number of benzene rings is 2. The standard InChI is InChI=1S/C14H11IN2O2S/c15-12-4-2-1-3-11(12)13(19)17-14(20)16-9-5-7-10(18)8-6-9/h1-8,18H,(H2,16,17,19,20). The van der Waals surface area contributed by atoms with Crippen LogP contribution in [-0.4, -0.2) is 16.1 Å². The fourth-order valence-corrected chi connectivity index (χ4v) is 2.37. The number of aromatic hydroxyl groups is 1. The summed E-state index contributed by atoms with van der Waals surface area (Å²) in [5, 5.41) is 14.9. The first-order valence-electron chi connectivity index (χ1n) is 5.72. The lowest BCUT2D eigenvalue weighted by molar-refractivity contribution is 0.0977. The maximum absolute atomic E-state index is 12.0. The normalized spacial score (nSPS) is 9.85. The van der Waals surface area contributed by atoms with E-state index in [-0.39, 0.29) is 16.8 Å². The van der Waals surface area contributed by atoms with E-state index in [4.69, 9.17) is 12.2 Å². The third-order valence-corrected chi connectivity index (χ3v) is 3.62. The van der Waals surface area contributed by atoms with Crippen molar-refractivity contribution in [3.8, 4) is 5.75 Å². The number of carbonyl (C=O) groups excluding carboxylic acids is 1. The second-order valence-electron chi connectivity index (χ2n) is 3.93. The maximum Gasteiger partial charge on any atom is 0.258 e. The Morgan fingerprint density at radius 3 is 2.40 bits per heavy atom. The van der Waals surface area contributed by atoms with Gasteiger partial charge in [0.1, 0.15) is 5.75 Å². The van der Waals surface area contributed by atoms with E-state index in [1.807, 2.05) is 12.1 Å². The van der Waals surface area contributed by atoms with E-state index in [1.54, 1.807) is 24.3 Å². The molecule has 0 aliphatic carbocycles. The molecule has 2 aromatic carbocycles. The molecular weight excluding hydrogens is 387 g/mol.